The number of aryl methyl sites for hydroxylation is 2. The SMILES string of the molecule is Cc1cc(C2CC2)cnc1N1CCN(C(=O)c2c(C)cccc2N2CCCS2(=O)=O)CC1. The van der Waals surface area contributed by atoms with Gasteiger partial charge in [0.05, 0.1) is 17.0 Å². The predicted molar refractivity (Wildman–Crippen MR) is 126 cm³/mol. The maximum atomic E-state index is 13.5. The van der Waals surface area contributed by atoms with Crippen LogP contribution in [0.2, 0.25) is 0 Å². The van der Waals surface area contributed by atoms with Crippen molar-refractivity contribution < 1.29 is 13.2 Å². The standard InChI is InChI=1S/C24H30N4O3S/c1-17-5-3-6-21(28-9-4-14-32(28,30)31)22(17)24(29)27-12-10-26(11-13-27)23-18(2)15-20(16-25-23)19-7-8-19/h3,5-6,15-16,19H,4,7-14H2,1-2H3. The molecule has 0 radical (unpaired) electrons. The van der Waals surface area contributed by atoms with Crippen LogP contribution in [0.25, 0.3) is 0 Å². The highest BCUT2D eigenvalue weighted by Gasteiger charge is 2.34. The number of sulfonamides is 1. The molecule has 0 unspecified atom stereocenters. The summed E-state index contributed by atoms with van der Waals surface area (Å²) in [5.41, 5.74) is 4.36. The van der Waals surface area contributed by atoms with Crippen molar-refractivity contribution in [1.29, 1.82) is 0 Å². The maximum absolute atomic E-state index is 13.5. The van der Waals surface area contributed by atoms with E-state index in [4.69, 9.17) is 4.98 Å². The van der Waals surface area contributed by atoms with Gasteiger partial charge < -0.3 is 9.80 Å². The van der Waals surface area contributed by atoms with Crippen molar-refractivity contribution in [1.82, 2.24) is 9.88 Å². The van der Waals surface area contributed by atoms with Gasteiger partial charge in [0.15, 0.2) is 0 Å². The van der Waals surface area contributed by atoms with Crippen LogP contribution in [0.15, 0.2) is 30.5 Å². The number of anilines is 2. The van der Waals surface area contributed by atoms with E-state index in [-0.39, 0.29) is 11.7 Å². The number of piperazine rings is 1. The van der Waals surface area contributed by atoms with Crippen LogP contribution in [-0.2, 0) is 10.0 Å². The maximum Gasteiger partial charge on any atom is 0.256 e. The summed E-state index contributed by atoms with van der Waals surface area (Å²) in [5, 5.41) is 0. The summed E-state index contributed by atoms with van der Waals surface area (Å²) in [6, 6.07) is 7.72. The van der Waals surface area contributed by atoms with Gasteiger partial charge in [-0.05, 0) is 61.8 Å². The van der Waals surface area contributed by atoms with Gasteiger partial charge in [-0.25, -0.2) is 13.4 Å². The molecule has 1 aliphatic carbocycles. The first-order valence-electron chi connectivity index (χ1n) is 11.5. The summed E-state index contributed by atoms with van der Waals surface area (Å²) in [6.07, 6.45) is 5.13. The molecule has 0 spiro atoms. The van der Waals surface area contributed by atoms with E-state index < -0.39 is 10.0 Å². The molecule has 2 aromatic rings. The van der Waals surface area contributed by atoms with Crippen molar-refractivity contribution in [3.8, 4) is 0 Å². The smallest absolute Gasteiger partial charge is 0.256 e. The molecule has 0 bridgehead atoms. The van der Waals surface area contributed by atoms with Crippen molar-refractivity contribution in [3.63, 3.8) is 0 Å². The molecule has 0 atom stereocenters. The molecule has 1 aromatic heterocycles. The topological polar surface area (TPSA) is 73.8 Å². The fourth-order valence-electron chi connectivity index (χ4n) is 4.89. The van der Waals surface area contributed by atoms with Gasteiger partial charge in [0.1, 0.15) is 5.82 Å². The third kappa shape index (κ3) is 3.85. The minimum Gasteiger partial charge on any atom is -0.353 e. The minimum atomic E-state index is -3.35. The highest BCUT2D eigenvalue weighted by atomic mass is 32.2. The lowest BCUT2D eigenvalue weighted by molar-refractivity contribution is 0.0746. The number of nitrogens with zero attached hydrogens (tertiary/aromatic N) is 4. The van der Waals surface area contributed by atoms with E-state index >= 15 is 0 Å². The first-order chi connectivity index (χ1) is 15.3. The molecule has 2 aliphatic heterocycles. The lowest BCUT2D eigenvalue weighted by atomic mass is 10.0. The van der Waals surface area contributed by atoms with Gasteiger partial charge in [0.2, 0.25) is 10.0 Å². The molecule has 1 aromatic carbocycles. The first-order valence-corrected chi connectivity index (χ1v) is 13.1. The first kappa shape index (κ1) is 21.2. The van der Waals surface area contributed by atoms with Crippen LogP contribution in [0.4, 0.5) is 11.5 Å². The quantitative estimate of drug-likeness (QED) is 0.710. The molecule has 1 saturated carbocycles. The molecule has 3 aliphatic rings. The summed E-state index contributed by atoms with van der Waals surface area (Å²) < 4.78 is 26.4. The van der Waals surface area contributed by atoms with E-state index in [1.54, 1.807) is 6.07 Å². The van der Waals surface area contributed by atoms with Crippen molar-refractivity contribution in [2.24, 2.45) is 0 Å². The third-order valence-electron chi connectivity index (χ3n) is 6.82. The van der Waals surface area contributed by atoms with Crippen molar-refractivity contribution in [3.05, 3.63) is 52.7 Å². The molecule has 0 N–H and O–H groups in total. The Labute approximate surface area is 190 Å². The van der Waals surface area contributed by atoms with E-state index in [1.807, 2.05) is 30.2 Å². The van der Waals surface area contributed by atoms with E-state index in [2.05, 4.69) is 17.9 Å². The molecule has 1 amide bonds. The van der Waals surface area contributed by atoms with Gasteiger partial charge in [0, 0.05) is 38.9 Å². The second-order valence-electron chi connectivity index (χ2n) is 9.17. The van der Waals surface area contributed by atoms with Gasteiger partial charge in [-0.2, -0.15) is 0 Å². The Morgan fingerprint density at radius 1 is 1.03 bits per heavy atom. The molecule has 3 fully saturated rings. The van der Waals surface area contributed by atoms with Crippen molar-refractivity contribution in [2.75, 3.05) is 47.7 Å². The number of carbonyl (C=O) groups excluding carboxylic acids is 1. The number of rotatable bonds is 4. The van der Waals surface area contributed by atoms with E-state index in [0.29, 0.717) is 56.3 Å². The largest absolute Gasteiger partial charge is 0.353 e. The molecule has 5 rings (SSSR count). The molecular formula is C24H30N4O3S. The Morgan fingerprint density at radius 3 is 2.41 bits per heavy atom. The number of amides is 1. The number of pyridine rings is 1. The lowest BCUT2D eigenvalue weighted by Crippen LogP contribution is -2.49. The number of hydrogen-bond acceptors (Lipinski definition) is 5. The minimum absolute atomic E-state index is 0.0892. The average Bonchev–Trinajstić information content (AvgIpc) is 3.56. The Balaban J connectivity index is 1.33. The van der Waals surface area contributed by atoms with Gasteiger partial charge in [0.25, 0.3) is 5.91 Å². The van der Waals surface area contributed by atoms with E-state index in [1.165, 1.54) is 28.3 Å². The van der Waals surface area contributed by atoms with Gasteiger partial charge in [-0.15, -0.1) is 0 Å². The normalized spacial score (nSPS) is 20.6. The number of aromatic nitrogens is 1. The number of benzene rings is 1. The fourth-order valence-corrected chi connectivity index (χ4v) is 6.46. The third-order valence-corrected chi connectivity index (χ3v) is 8.68. The van der Waals surface area contributed by atoms with E-state index in [9.17, 15) is 13.2 Å². The van der Waals surface area contributed by atoms with Crippen molar-refractivity contribution in [2.45, 2.75) is 39.0 Å². The van der Waals surface area contributed by atoms with Crippen LogP contribution in [0.1, 0.15) is 52.2 Å². The van der Waals surface area contributed by atoms with Crippen LogP contribution in [-0.4, -0.2) is 62.7 Å². The summed E-state index contributed by atoms with van der Waals surface area (Å²) in [4.78, 5) is 22.3. The number of hydrogen-bond donors (Lipinski definition) is 0. The Hall–Kier alpha value is -2.61. The Morgan fingerprint density at radius 2 is 1.78 bits per heavy atom. The highest BCUT2D eigenvalue weighted by molar-refractivity contribution is 7.93. The Bertz CT molecular complexity index is 1150. The average molecular weight is 455 g/mol. The van der Waals surface area contributed by atoms with E-state index in [0.717, 1.165) is 11.4 Å². The Kier molecular flexibility index (Phi) is 5.35. The summed E-state index contributed by atoms with van der Waals surface area (Å²) in [5.74, 6) is 1.74. The molecule has 3 heterocycles. The van der Waals surface area contributed by atoms with Gasteiger partial charge >= 0.3 is 0 Å². The second kappa shape index (κ2) is 8.06. The van der Waals surface area contributed by atoms with Crippen LogP contribution in [0, 0.1) is 13.8 Å². The summed E-state index contributed by atoms with van der Waals surface area (Å²) >= 11 is 0. The summed E-state index contributed by atoms with van der Waals surface area (Å²) in [6.45, 7) is 7.03. The molecule has 8 heteroatoms. The van der Waals surface area contributed by atoms with Crippen LogP contribution in [0.3, 0.4) is 0 Å². The predicted octanol–water partition coefficient (Wildman–Crippen LogP) is 3.08. The molecule has 170 valence electrons. The van der Waals surface area contributed by atoms with Crippen LogP contribution in [0.5, 0.6) is 0 Å². The fraction of sp³-hybridized carbons (Fsp3) is 0.500. The monoisotopic (exact) mass is 454 g/mol. The molecule has 32 heavy (non-hydrogen) atoms. The second-order valence-corrected chi connectivity index (χ2v) is 11.2. The van der Waals surface area contributed by atoms with Gasteiger partial charge in [-0.3, -0.25) is 9.10 Å². The van der Waals surface area contributed by atoms with Crippen LogP contribution >= 0.6 is 0 Å². The van der Waals surface area contributed by atoms with Crippen LogP contribution < -0.4 is 9.21 Å². The zero-order chi connectivity index (χ0) is 22.5. The zero-order valence-corrected chi connectivity index (χ0v) is 19.6. The van der Waals surface area contributed by atoms with Gasteiger partial charge in [-0.1, -0.05) is 18.2 Å². The van der Waals surface area contributed by atoms with Crippen molar-refractivity contribution >= 4 is 27.4 Å². The molecule has 2 saturated heterocycles. The number of carbonyl (C=O) groups is 1. The molecular weight excluding hydrogens is 424 g/mol. The lowest BCUT2D eigenvalue weighted by Gasteiger charge is -2.37. The highest BCUT2D eigenvalue weighted by Crippen LogP contribution is 2.40. The zero-order valence-electron chi connectivity index (χ0n) is 18.7. The molecule has 7 nitrogen and oxygen atoms in total. The summed E-state index contributed by atoms with van der Waals surface area (Å²) in [7, 11) is -3.35.